The van der Waals surface area contributed by atoms with Gasteiger partial charge in [-0.05, 0) is 12.8 Å². The summed E-state index contributed by atoms with van der Waals surface area (Å²) in [5.41, 5.74) is 4.93. The van der Waals surface area contributed by atoms with Gasteiger partial charge in [0.15, 0.2) is 0 Å². The van der Waals surface area contributed by atoms with E-state index in [2.05, 4.69) is 10.6 Å². The molecule has 0 heterocycles. The number of rotatable bonds is 9. The molecule has 8 heteroatoms. The molecule has 0 aromatic heterocycles. The molecule has 2 atom stereocenters. The second kappa shape index (κ2) is 9.13. The molecule has 3 amide bonds. The molecule has 1 unspecified atom stereocenters. The van der Waals surface area contributed by atoms with Crippen molar-refractivity contribution in [3.63, 3.8) is 0 Å². The van der Waals surface area contributed by atoms with Crippen LogP contribution in [-0.4, -0.2) is 48.3 Å². The summed E-state index contributed by atoms with van der Waals surface area (Å²) in [6.07, 6.45) is -0.458. The summed E-state index contributed by atoms with van der Waals surface area (Å²) < 4.78 is 5.24. The molecule has 8 nitrogen and oxygen atoms in total. The third-order valence-corrected chi connectivity index (χ3v) is 2.63. The topological polar surface area (TPSA) is 131 Å². The van der Waals surface area contributed by atoms with Crippen LogP contribution in [-0.2, 0) is 14.3 Å². The standard InChI is InChI=1S/C12H23N3O5/c1-4-20-6-9(7(2)3)15-12(19)14-8(11(17)18)5-10(13)16/h7-9H,4-6H2,1-3H3,(H2,13,16)(H,17,18)(H2,14,15,19)/t8-,9?/m1/s1. The van der Waals surface area contributed by atoms with Crippen molar-refractivity contribution in [2.24, 2.45) is 11.7 Å². The Kier molecular flexibility index (Phi) is 8.30. The van der Waals surface area contributed by atoms with Crippen LogP contribution < -0.4 is 16.4 Å². The van der Waals surface area contributed by atoms with Crippen LogP contribution in [0.5, 0.6) is 0 Å². The number of amides is 3. The molecule has 0 aromatic rings. The lowest BCUT2D eigenvalue weighted by atomic mass is 10.1. The van der Waals surface area contributed by atoms with Crippen LogP contribution in [0.1, 0.15) is 27.2 Å². The summed E-state index contributed by atoms with van der Waals surface area (Å²) in [5, 5.41) is 13.7. The largest absolute Gasteiger partial charge is 0.480 e. The lowest BCUT2D eigenvalue weighted by molar-refractivity contribution is -0.140. The number of nitrogens with one attached hydrogen (secondary N) is 2. The van der Waals surface area contributed by atoms with Crippen LogP contribution in [0.2, 0.25) is 0 Å². The Labute approximate surface area is 118 Å². The van der Waals surface area contributed by atoms with E-state index in [9.17, 15) is 14.4 Å². The zero-order chi connectivity index (χ0) is 15.7. The molecule has 0 aliphatic carbocycles. The Morgan fingerprint density at radius 3 is 2.25 bits per heavy atom. The van der Waals surface area contributed by atoms with E-state index in [0.717, 1.165) is 0 Å². The number of carboxylic acids is 1. The number of hydrogen-bond donors (Lipinski definition) is 4. The summed E-state index contributed by atoms with van der Waals surface area (Å²) in [4.78, 5) is 33.3. The predicted octanol–water partition coefficient (Wildman–Crippen LogP) is -0.325. The highest BCUT2D eigenvalue weighted by molar-refractivity contribution is 5.87. The number of carboxylic acid groups (broad SMARTS) is 1. The van der Waals surface area contributed by atoms with Crippen LogP contribution in [0, 0.1) is 5.92 Å². The summed E-state index contributed by atoms with van der Waals surface area (Å²) in [6.45, 7) is 6.50. The van der Waals surface area contributed by atoms with Gasteiger partial charge >= 0.3 is 12.0 Å². The van der Waals surface area contributed by atoms with E-state index in [1.165, 1.54) is 0 Å². The fourth-order valence-corrected chi connectivity index (χ4v) is 1.42. The second-order valence-electron chi connectivity index (χ2n) is 4.69. The molecule has 0 bridgehead atoms. The summed E-state index contributed by atoms with van der Waals surface area (Å²) in [5.74, 6) is -2.00. The lowest BCUT2D eigenvalue weighted by Crippen LogP contribution is -2.52. The molecule has 116 valence electrons. The fourth-order valence-electron chi connectivity index (χ4n) is 1.42. The van der Waals surface area contributed by atoms with Gasteiger partial charge in [0.2, 0.25) is 5.91 Å². The van der Waals surface area contributed by atoms with E-state index in [1.807, 2.05) is 20.8 Å². The quantitative estimate of drug-likeness (QED) is 0.462. The van der Waals surface area contributed by atoms with Crippen LogP contribution in [0.15, 0.2) is 0 Å². The number of carbonyl (C=O) groups excluding carboxylic acids is 2. The minimum absolute atomic E-state index is 0.117. The van der Waals surface area contributed by atoms with E-state index in [1.54, 1.807) is 0 Å². The molecule has 0 saturated carbocycles. The van der Waals surface area contributed by atoms with Crippen LogP contribution in [0.4, 0.5) is 4.79 Å². The highest BCUT2D eigenvalue weighted by Gasteiger charge is 2.24. The molecule has 20 heavy (non-hydrogen) atoms. The lowest BCUT2D eigenvalue weighted by Gasteiger charge is -2.23. The Bertz CT molecular complexity index is 346. The molecule has 0 fully saturated rings. The minimum Gasteiger partial charge on any atom is -0.480 e. The van der Waals surface area contributed by atoms with Gasteiger partial charge in [0.25, 0.3) is 0 Å². The third-order valence-electron chi connectivity index (χ3n) is 2.63. The Balaban J connectivity index is 4.47. The first-order valence-electron chi connectivity index (χ1n) is 6.43. The van der Waals surface area contributed by atoms with Crippen LogP contribution in [0.3, 0.4) is 0 Å². The molecule has 0 spiro atoms. The van der Waals surface area contributed by atoms with Crippen molar-refractivity contribution in [1.29, 1.82) is 0 Å². The monoisotopic (exact) mass is 289 g/mol. The number of ether oxygens (including phenoxy) is 1. The molecular weight excluding hydrogens is 266 g/mol. The molecule has 0 rings (SSSR count). The average molecular weight is 289 g/mol. The van der Waals surface area contributed by atoms with E-state index in [0.29, 0.717) is 13.2 Å². The number of nitrogens with two attached hydrogens (primary N) is 1. The van der Waals surface area contributed by atoms with Crippen LogP contribution >= 0.6 is 0 Å². The predicted molar refractivity (Wildman–Crippen MR) is 72.0 cm³/mol. The Hall–Kier alpha value is -1.83. The molecule has 0 radical (unpaired) electrons. The van der Waals surface area contributed by atoms with Gasteiger partial charge in [0.05, 0.1) is 19.1 Å². The van der Waals surface area contributed by atoms with Crippen molar-refractivity contribution in [2.45, 2.75) is 39.3 Å². The first-order chi connectivity index (χ1) is 9.27. The minimum atomic E-state index is -1.34. The molecule has 0 aliphatic rings. The van der Waals surface area contributed by atoms with Crippen molar-refractivity contribution < 1.29 is 24.2 Å². The number of primary amides is 1. The van der Waals surface area contributed by atoms with Crippen molar-refractivity contribution in [1.82, 2.24) is 10.6 Å². The number of aliphatic carboxylic acids is 1. The van der Waals surface area contributed by atoms with Gasteiger partial charge in [-0.25, -0.2) is 9.59 Å². The van der Waals surface area contributed by atoms with E-state index >= 15 is 0 Å². The molecule has 5 N–H and O–H groups in total. The van der Waals surface area contributed by atoms with Gasteiger partial charge in [-0.2, -0.15) is 0 Å². The fraction of sp³-hybridized carbons (Fsp3) is 0.750. The summed E-state index contributed by atoms with van der Waals surface area (Å²) >= 11 is 0. The van der Waals surface area contributed by atoms with E-state index < -0.39 is 30.4 Å². The second-order valence-corrected chi connectivity index (χ2v) is 4.69. The van der Waals surface area contributed by atoms with Gasteiger partial charge in [0.1, 0.15) is 6.04 Å². The molecule has 0 aliphatic heterocycles. The van der Waals surface area contributed by atoms with Gasteiger partial charge in [-0.15, -0.1) is 0 Å². The Morgan fingerprint density at radius 1 is 1.25 bits per heavy atom. The van der Waals surface area contributed by atoms with Crippen molar-refractivity contribution in [2.75, 3.05) is 13.2 Å². The van der Waals surface area contributed by atoms with Gasteiger partial charge in [-0.1, -0.05) is 13.8 Å². The number of hydrogen-bond acceptors (Lipinski definition) is 4. The van der Waals surface area contributed by atoms with Crippen molar-refractivity contribution in [3.8, 4) is 0 Å². The zero-order valence-electron chi connectivity index (χ0n) is 12.0. The smallest absolute Gasteiger partial charge is 0.326 e. The molecular formula is C12H23N3O5. The van der Waals surface area contributed by atoms with Crippen molar-refractivity contribution >= 4 is 17.9 Å². The maximum absolute atomic E-state index is 11.7. The number of carbonyl (C=O) groups is 3. The SMILES string of the molecule is CCOCC(NC(=O)N[C@H](CC(N)=O)C(=O)O)C(C)C. The van der Waals surface area contributed by atoms with Crippen molar-refractivity contribution in [3.05, 3.63) is 0 Å². The third kappa shape index (κ3) is 7.57. The zero-order valence-corrected chi connectivity index (χ0v) is 12.0. The van der Waals surface area contributed by atoms with E-state index in [-0.39, 0.29) is 12.0 Å². The molecule has 0 aromatic carbocycles. The first-order valence-corrected chi connectivity index (χ1v) is 6.43. The average Bonchev–Trinajstić information content (AvgIpc) is 2.32. The first kappa shape index (κ1) is 18.2. The normalized spacial score (nSPS) is 13.6. The summed E-state index contributed by atoms with van der Waals surface area (Å²) in [7, 11) is 0. The van der Waals surface area contributed by atoms with Gasteiger partial charge < -0.3 is 26.2 Å². The van der Waals surface area contributed by atoms with Gasteiger partial charge in [-0.3, -0.25) is 4.79 Å². The summed E-state index contributed by atoms with van der Waals surface area (Å²) in [6, 6.07) is -2.26. The highest BCUT2D eigenvalue weighted by Crippen LogP contribution is 2.02. The van der Waals surface area contributed by atoms with E-state index in [4.69, 9.17) is 15.6 Å². The maximum Gasteiger partial charge on any atom is 0.326 e. The number of urea groups is 1. The molecule has 0 saturated heterocycles. The highest BCUT2D eigenvalue weighted by atomic mass is 16.5. The van der Waals surface area contributed by atoms with Crippen LogP contribution in [0.25, 0.3) is 0 Å². The maximum atomic E-state index is 11.7. The van der Waals surface area contributed by atoms with Gasteiger partial charge in [0, 0.05) is 6.61 Å². The Morgan fingerprint density at radius 2 is 1.85 bits per heavy atom.